The standard InChI is InChI=1S/C20H24N4O3/c1-22-9-10-24-19(22)18(14-21-24)20(25)23(15-17-8-5-12-26-17)11-13-27-16-6-3-2-4-7-16/h2-4,6-7,9-10,14,17H,5,8,11-13,15H2,1H3. The van der Waals surface area contributed by atoms with Crippen molar-refractivity contribution in [2.75, 3.05) is 26.3 Å². The maximum absolute atomic E-state index is 13.2. The third-order valence-corrected chi connectivity index (χ3v) is 4.87. The minimum Gasteiger partial charge on any atom is -0.492 e. The summed E-state index contributed by atoms with van der Waals surface area (Å²) in [5.41, 5.74) is 1.39. The van der Waals surface area contributed by atoms with Crippen molar-refractivity contribution >= 4 is 11.6 Å². The molecule has 1 fully saturated rings. The molecule has 1 aliphatic heterocycles. The number of fused-ring (bicyclic) bond motifs is 1. The molecule has 1 aromatic carbocycles. The van der Waals surface area contributed by atoms with Crippen LogP contribution in [-0.4, -0.2) is 57.4 Å². The second kappa shape index (κ2) is 7.84. The minimum absolute atomic E-state index is 0.0426. The van der Waals surface area contributed by atoms with Crippen LogP contribution in [0.2, 0.25) is 0 Å². The molecule has 1 unspecified atom stereocenters. The van der Waals surface area contributed by atoms with Gasteiger partial charge >= 0.3 is 0 Å². The van der Waals surface area contributed by atoms with E-state index in [1.54, 1.807) is 10.7 Å². The van der Waals surface area contributed by atoms with Crippen LogP contribution in [0, 0.1) is 0 Å². The summed E-state index contributed by atoms with van der Waals surface area (Å²) in [5.74, 6) is 0.760. The molecule has 7 nitrogen and oxygen atoms in total. The van der Waals surface area contributed by atoms with E-state index in [1.165, 1.54) is 0 Å². The Labute approximate surface area is 158 Å². The second-order valence-corrected chi connectivity index (χ2v) is 6.78. The van der Waals surface area contributed by atoms with Crippen LogP contribution in [0.4, 0.5) is 0 Å². The monoisotopic (exact) mass is 368 g/mol. The summed E-state index contributed by atoms with van der Waals surface area (Å²) in [4.78, 5) is 15.1. The van der Waals surface area contributed by atoms with Crippen LogP contribution >= 0.6 is 0 Å². The quantitative estimate of drug-likeness (QED) is 0.642. The predicted octanol–water partition coefficient (Wildman–Crippen LogP) is 2.37. The molecule has 0 radical (unpaired) electrons. The first-order chi connectivity index (χ1) is 13.2. The van der Waals surface area contributed by atoms with Gasteiger partial charge in [-0.05, 0) is 25.0 Å². The summed E-state index contributed by atoms with van der Waals surface area (Å²) < 4.78 is 15.2. The lowest BCUT2D eigenvalue weighted by atomic mass is 10.2. The molecule has 7 heteroatoms. The van der Waals surface area contributed by atoms with Crippen molar-refractivity contribution in [3.8, 4) is 5.75 Å². The molecular formula is C20H24N4O3. The molecule has 3 heterocycles. The van der Waals surface area contributed by atoms with Gasteiger partial charge in [0.25, 0.3) is 5.91 Å². The number of aromatic nitrogens is 3. The van der Waals surface area contributed by atoms with E-state index in [9.17, 15) is 4.79 Å². The highest BCUT2D eigenvalue weighted by atomic mass is 16.5. The van der Waals surface area contributed by atoms with Gasteiger partial charge in [0.05, 0.1) is 18.8 Å². The zero-order valence-electron chi connectivity index (χ0n) is 15.5. The van der Waals surface area contributed by atoms with E-state index < -0.39 is 0 Å². The van der Waals surface area contributed by atoms with Gasteiger partial charge in [-0.15, -0.1) is 0 Å². The van der Waals surface area contributed by atoms with E-state index in [0.717, 1.165) is 30.8 Å². The molecule has 1 atom stereocenters. The summed E-state index contributed by atoms with van der Waals surface area (Å²) in [5, 5.41) is 4.29. The number of imidazole rings is 1. The number of aryl methyl sites for hydroxylation is 1. The number of carbonyl (C=O) groups is 1. The van der Waals surface area contributed by atoms with Crippen LogP contribution in [0.1, 0.15) is 23.2 Å². The average molecular weight is 368 g/mol. The Hall–Kier alpha value is -2.80. The van der Waals surface area contributed by atoms with Crippen molar-refractivity contribution < 1.29 is 14.3 Å². The van der Waals surface area contributed by atoms with Gasteiger partial charge in [-0.3, -0.25) is 4.79 Å². The number of para-hydroxylation sites is 1. The summed E-state index contributed by atoms with van der Waals surface area (Å²) in [6.45, 7) is 2.26. The van der Waals surface area contributed by atoms with Crippen molar-refractivity contribution in [2.24, 2.45) is 7.05 Å². The van der Waals surface area contributed by atoms with Crippen molar-refractivity contribution in [3.05, 3.63) is 54.5 Å². The molecule has 1 aliphatic rings. The van der Waals surface area contributed by atoms with Crippen LogP contribution in [0.25, 0.3) is 5.65 Å². The maximum atomic E-state index is 13.2. The largest absolute Gasteiger partial charge is 0.492 e. The molecule has 0 aliphatic carbocycles. The lowest BCUT2D eigenvalue weighted by Gasteiger charge is -2.25. The Balaban J connectivity index is 1.49. The number of amides is 1. The highest BCUT2D eigenvalue weighted by molar-refractivity contribution is 5.99. The normalized spacial score (nSPS) is 16.7. The molecule has 0 spiro atoms. The molecule has 4 rings (SSSR count). The molecule has 27 heavy (non-hydrogen) atoms. The molecule has 0 bridgehead atoms. The summed E-state index contributed by atoms with van der Waals surface area (Å²) in [7, 11) is 1.91. The van der Waals surface area contributed by atoms with Gasteiger partial charge in [-0.1, -0.05) is 18.2 Å². The third-order valence-electron chi connectivity index (χ3n) is 4.87. The lowest BCUT2D eigenvalue weighted by Crippen LogP contribution is -2.40. The van der Waals surface area contributed by atoms with Crippen LogP contribution in [0.15, 0.2) is 48.9 Å². The number of rotatable bonds is 7. The summed E-state index contributed by atoms with van der Waals surface area (Å²) in [6.07, 6.45) is 7.49. The number of nitrogens with zero attached hydrogens (tertiary/aromatic N) is 4. The molecule has 2 aromatic heterocycles. The fourth-order valence-corrected chi connectivity index (χ4v) is 3.47. The van der Waals surface area contributed by atoms with E-state index in [-0.39, 0.29) is 12.0 Å². The van der Waals surface area contributed by atoms with Crippen LogP contribution < -0.4 is 4.74 Å². The van der Waals surface area contributed by atoms with Crippen LogP contribution in [-0.2, 0) is 11.8 Å². The van der Waals surface area contributed by atoms with E-state index in [1.807, 2.05) is 59.2 Å². The lowest BCUT2D eigenvalue weighted by molar-refractivity contribution is 0.0495. The number of ether oxygens (including phenoxy) is 2. The highest BCUT2D eigenvalue weighted by Gasteiger charge is 2.26. The molecule has 1 saturated heterocycles. The van der Waals surface area contributed by atoms with Crippen LogP contribution in [0.3, 0.4) is 0 Å². The highest BCUT2D eigenvalue weighted by Crippen LogP contribution is 2.18. The molecule has 1 amide bonds. The Bertz CT molecular complexity index is 896. The van der Waals surface area contributed by atoms with E-state index in [4.69, 9.17) is 9.47 Å². The Morgan fingerprint density at radius 3 is 2.96 bits per heavy atom. The van der Waals surface area contributed by atoms with Crippen LogP contribution in [0.5, 0.6) is 5.75 Å². The number of hydrogen-bond acceptors (Lipinski definition) is 4. The summed E-state index contributed by atoms with van der Waals surface area (Å²) >= 11 is 0. The first-order valence-electron chi connectivity index (χ1n) is 9.30. The number of benzene rings is 1. The molecule has 3 aromatic rings. The van der Waals surface area contributed by atoms with Gasteiger partial charge in [-0.25, -0.2) is 4.52 Å². The SMILES string of the molecule is Cn1ccn2ncc(C(=O)N(CCOc3ccccc3)CC3CCCO3)c12. The van der Waals surface area contributed by atoms with Crippen molar-refractivity contribution in [1.82, 2.24) is 19.1 Å². The average Bonchev–Trinajstić information content (AvgIpc) is 3.41. The van der Waals surface area contributed by atoms with Crippen molar-refractivity contribution in [1.29, 1.82) is 0 Å². The van der Waals surface area contributed by atoms with E-state index in [0.29, 0.717) is 25.3 Å². The Morgan fingerprint density at radius 1 is 1.33 bits per heavy atom. The molecule has 142 valence electrons. The Kier molecular flexibility index (Phi) is 5.11. The first kappa shape index (κ1) is 17.6. The maximum Gasteiger partial charge on any atom is 0.259 e. The molecule has 0 saturated carbocycles. The predicted molar refractivity (Wildman–Crippen MR) is 101 cm³/mol. The van der Waals surface area contributed by atoms with Gasteiger partial charge in [0.2, 0.25) is 0 Å². The zero-order chi connectivity index (χ0) is 18.6. The number of carbonyl (C=O) groups excluding carboxylic acids is 1. The van der Waals surface area contributed by atoms with Gasteiger partial charge in [0, 0.05) is 32.6 Å². The second-order valence-electron chi connectivity index (χ2n) is 6.78. The molecular weight excluding hydrogens is 344 g/mol. The van der Waals surface area contributed by atoms with E-state index >= 15 is 0 Å². The smallest absolute Gasteiger partial charge is 0.259 e. The minimum atomic E-state index is -0.0426. The third kappa shape index (κ3) is 3.83. The van der Waals surface area contributed by atoms with Gasteiger partial charge in [0.15, 0.2) is 0 Å². The topological polar surface area (TPSA) is 61.0 Å². The van der Waals surface area contributed by atoms with Gasteiger partial charge < -0.3 is 18.9 Å². The van der Waals surface area contributed by atoms with E-state index in [2.05, 4.69) is 5.10 Å². The fourth-order valence-electron chi connectivity index (χ4n) is 3.47. The first-order valence-corrected chi connectivity index (χ1v) is 9.30. The van der Waals surface area contributed by atoms with Gasteiger partial charge in [-0.2, -0.15) is 5.10 Å². The Morgan fingerprint density at radius 2 is 2.19 bits per heavy atom. The zero-order valence-corrected chi connectivity index (χ0v) is 15.5. The van der Waals surface area contributed by atoms with Crippen molar-refractivity contribution in [3.63, 3.8) is 0 Å². The van der Waals surface area contributed by atoms with Crippen molar-refractivity contribution in [2.45, 2.75) is 18.9 Å². The fraction of sp³-hybridized carbons (Fsp3) is 0.400. The summed E-state index contributed by atoms with van der Waals surface area (Å²) in [6, 6.07) is 9.65. The van der Waals surface area contributed by atoms with Gasteiger partial charge in [0.1, 0.15) is 23.6 Å². The molecule has 0 N–H and O–H groups in total. The number of hydrogen-bond donors (Lipinski definition) is 0.